The molecule has 0 spiro atoms. The second-order valence-electron chi connectivity index (χ2n) is 3.48. The van der Waals surface area contributed by atoms with Gasteiger partial charge < -0.3 is 20.5 Å². The monoisotopic (exact) mass is 252 g/mol. The SMILES string of the molecule is CCCNC(=O)Oc1ccccc1C(=O)NCO. The van der Waals surface area contributed by atoms with Crippen molar-refractivity contribution < 1.29 is 19.4 Å². The summed E-state index contributed by atoms with van der Waals surface area (Å²) >= 11 is 0. The fraction of sp³-hybridized carbons (Fsp3) is 0.333. The van der Waals surface area contributed by atoms with Gasteiger partial charge in [0.05, 0.1) is 5.56 Å². The number of para-hydroxylation sites is 1. The minimum atomic E-state index is -0.610. The van der Waals surface area contributed by atoms with Crippen LogP contribution in [0.3, 0.4) is 0 Å². The van der Waals surface area contributed by atoms with Crippen LogP contribution in [-0.4, -0.2) is 30.4 Å². The van der Waals surface area contributed by atoms with Gasteiger partial charge in [0.1, 0.15) is 12.5 Å². The molecule has 0 bridgehead atoms. The standard InChI is InChI=1S/C12H16N2O4/c1-2-7-13-12(17)18-10-6-4-3-5-9(10)11(16)14-8-15/h3-6,15H,2,7-8H2,1H3,(H,13,17)(H,14,16). The molecule has 0 aliphatic rings. The van der Waals surface area contributed by atoms with E-state index in [1.165, 1.54) is 12.1 Å². The number of rotatable bonds is 5. The van der Waals surface area contributed by atoms with Gasteiger partial charge in [-0.15, -0.1) is 0 Å². The average molecular weight is 252 g/mol. The van der Waals surface area contributed by atoms with Crippen molar-refractivity contribution >= 4 is 12.0 Å². The molecule has 0 fully saturated rings. The van der Waals surface area contributed by atoms with Crippen LogP contribution in [0.15, 0.2) is 24.3 Å². The molecule has 98 valence electrons. The first-order valence-corrected chi connectivity index (χ1v) is 5.62. The van der Waals surface area contributed by atoms with Crippen molar-refractivity contribution in [3.05, 3.63) is 29.8 Å². The zero-order valence-corrected chi connectivity index (χ0v) is 10.1. The van der Waals surface area contributed by atoms with Gasteiger partial charge in [0, 0.05) is 6.54 Å². The van der Waals surface area contributed by atoms with Crippen molar-refractivity contribution in [2.75, 3.05) is 13.3 Å². The van der Waals surface area contributed by atoms with Crippen molar-refractivity contribution in [2.45, 2.75) is 13.3 Å². The summed E-state index contributed by atoms with van der Waals surface area (Å²) < 4.78 is 5.02. The van der Waals surface area contributed by atoms with Gasteiger partial charge in [-0.05, 0) is 18.6 Å². The van der Waals surface area contributed by atoms with E-state index in [1.54, 1.807) is 12.1 Å². The molecule has 0 unspecified atom stereocenters. The maximum absolute atomic E-state index is 11.6. The zero-order valence-electron chi connectivity index (χ0n) is 10.1. The maximum Gasteiger partial charge on any atom is 0.412 e. The first kappa shape index (κ1) is 14.0. The third kappa shape index (κ3) is 4.06. The average Bonchev–Trinajstić information content (AvgIpc) is 2.37. The van der Waals surface area contributed by atoms with E-state index in [1.807, 2.05) is 6.92 Å². The minimum Gasteiger partial charge on any atom is -0.409 e. The first-order chi connectivity index (χ1) is 8.69. The number of aliphatic hydroxyl groups is 1. The number of carbonyl (C=O) groups excluding carboxylic acids is 2. The fourth-order valence-corrected chi connectivity index (χ4v) is 1.27. The van der Waals surface area contributed by atoms with Gasteiger partial charge in [-0.3, -0.25) is 4.79 Å². The number of amides is 2. The number of hydrogen-bond donors (Lipinski definition) is 3. The number of ether oxygens (including phenoxy) is 1. The van der Waals surface area contributed by atoms with Gasteiger partial charge in [-0.2, -0.15) is 0 Å². The Kier molecular flexibility index (Phi) is 5.66. The summed E-state index contributed by atoms with van der Waals surface area (Å²) in [4.78, 5) is 23.0. The van der Waals surface area contributed by atoms with Crippen LogP contribution in [0.4, 0.5) is 4.79 Å². The number of aliphatic hydroxyl groups excluding tert-OH is 1. The van der Waals surface area contributed by atoms with Crippen LogP contribution in [0.25, 0.3) is 0 Å². The van der Waals surface area contributed by atoms with E-state index in [2.05, 4.69) is 10.6 Å². The van der Waals surface area contributed by atoms with Crippen LogP contribution < -0.4 is 15.4 Å². The van der Waals surface area contributed by atoms with Crippen LogP contribution >= 0.6 is 0 Å². The summed E-state index contributed by atoms with van der Waals surface area (Å²) in [6, 6.07) is 6.31. The Bertz CT molecular complexity index is 420. The Labute approximate surface area is 105 Å². The highest BCUT2D eigenvalue weighted by Gasteiger charge is 2.13. The summed E-state index contributed by atoms with van der Waals surface area (Å²) in [5.74, 6) is -0.353. The predicted octanol–water partition coefficient (Wildman–Crippen LogP) is 0.865. The van der Waals surface area contributed by atoms with Crippen LogP contribution in [0.1, 0.15) is 23.7 Å². The second-order valence-corrected chi connectivity index (χ2v) is 3.48. The van der Waals surface area contributed by atoms with Crippen LogP contribution in [-0.2, 0) is 0 Å². The van der Waals surface area contributed by atoms with E-state index in [4.69, 9.17) is 9.84 Å². The Hall–Kier alpha value is -2.08. The summed E-state index contributed by atoms with van der Waals surface area (Å²) in [5, 5.41) is 13.4. The lowest BCUT2D eigenvalue weighted by molar-refractivity contribution is 0.0908. The first-order valence-electron chi connectivity index (χ1n) is 5.62. The lowest BCUT2D eigenvalue weighted by Crippen LogP contribution is -2.29. The highest BCUT2D eigenvalue weighted by Crippen LogP contribution is 2.17. The molecule has 1 aromatic rings. The normalized spacial score (nSPS) is 9.67. The van der Waals surface area contributed by atoms with Crippen molar-refractivity contribution in [3.8, 4) is 5.75 Å². The molecule has 0 radical (unpaired) electrons. The maximum atomic E-state index is 11.6. The Morgan fingerprint density at radius 2 is 2.00 bits per heavy atom. The molecule has 0 atom stereocenters. The van der Waals surface area contributed by atoms with Crippen molar-refractivity contribution in [2.24, 2.45) is 0 Å². The van der Waals surface area contributed by atoms with E-state index in [9.17, 15) is 9.59 Å². The molecule has 0 aliphatic heterocycles. The molecule has 0 saturated carbocycles. The van der Waals surface area contributed by atoms with Gasteiger partial charge in [0.25, 0.3) is 5.91 Å². The summed E-state index contributed by atoms with van der Waals surface area (Å²) in [6.45, 7) is 1.95. The van der Waals surface area contributed by atoms with E-state index < -0.39 is 18.7 Å². The number of nitrogens with one attached hydrogen (secondary N) is 2. The van der Waals surface area contributed by atoms with Crippen molar-refractivity contribution in [1.82, 2.24) is 10.6 Å². The van der Waals surface area contributed by atoms with E-state index in [-0.39, 0.29) is 11.3 Å². The Morgan fingerprint density at radius 1 is 1.28 bits per heavy atom. The van der Waals surface area contributed by atoms with E-state index in [0.717, 1.165) is 6.42 Å². The minimum absolute atomic E-state index is 0.150. The molecule has 2 amide bonds. The highest BCUT2D eigenvalue weighted by atomic mass is 16.6. The number of benzene rings is 1. The summed E-state index contributed by atoms with van der Waals surface area (Å²) in [7, 11) is 0. The quantitative estimate of drug-likeness (QED) is 0.678. The molecule has 0 aliphatic carbocycles. The molecule has 0 heterocycles. The third-order valence-corrected chi connectivity index (χ3v) is 2.09. The molecule has 6 nitrogen and oxygen atoms in total. The molecule has 1 rings (SSSR count). The highest BCUT2D eigenvalue weighted by molar-refractivity contribution is 5.97. The van der Waals surface area contributed by atoms with Crippen molar-refractivity contribution in [1.29, 1.82) is 0 Å². The van der Waals surface area contributed by atoms with Gasteiger partial charge in [-0.1, -0.05) is 19.1 Å². The molecular formula is C12H16N2O4. The number of carbonyl (C=O) groups is 2. The summed E-state index contributed by atoms with van der Waals surface area (Å²) in [6.07, 6.45) is 0.183. The largest absolute Gasteiger partial charge is 0.412 e. The van der Waals surface area contributed by atoms with Gasteiger partial charge in [0.2, 0.25) is 0 Å². The van der Waals surface area contributed by atoms with Crippen molar-refractivity contribution in [3.63, 3.8) is 0 Å². The van der Waals surface area contributed by atoms with Gasteiger partial charge in [0.15, 0.2) is 0 Å². The predicted molar refractivity (Wildman–Crippen MR) is 65.3 cm³/mol. The number of hydrogen-bond acceptors (Lipinski definition) is 4. The van der Waals surface area contributed by atoms with E-state index >= 15 is 0 Å². The molecule has 6 heteroatoms. The molecular weight excluding hydrogens is 236 g/mol. The van der Waals surface area contributed by atoms with E-state index in [0.29, 0.717) is 6.54 Å². The molecule has 0 saturated heterocycles. The molecule has 18 heavy (non-hydrogen) atoms. The Morgan fingerprint density at radius 3 is 2.67 bits per heavy atom. The molecule has 0 aromatic heterocycles. The molecule has 1 aromatic carbocycles. The topological polar surface area (TPSA) is 87.7 Å². The third-order valence-electron chi connectivity index (χ3n) is 2.09. The molecule has 3 N–H and O–H groups in total. The fourth-order valence-electron chi connectivity index (χ4n) is 1.27. The Balaban J connectivity index is 2.76. The van der Waals surface area contributed by atoms with Crippen LogP contribution in [0.5, 0.6) is 5.75 Å². The lowest BCUT2D eigenvalue weighted by Gasteiger charge is -2.09. The van der Waals surface area contributed by atoms with Crippen LogP contribution in [0, 0.1) is 0 Å². The lowest BCUT2D eigenvalue weighted by atomic mass is 10.2. The second kappa shape index (κ2) is 7.29. The van der Waals surface area contributed by atoms with Gasteiger partial charge >= 0.3 is 6.09 Å². The van der Waals surface area contributed by atoms with Crippen LogP contribution in [0.2, 0.25) is 0 Å². The smallest absolute Gasteiger partial charge is 0.409 e. The van der Waals surface area contributed by atoms with Gasteiger partial charge in [-0.25, -0.2) is 4.79 Å². The zero-order chi connectivity index (χ0) is 13.4. The summed E-state index contributed by atoms with van der Waals surface area (Å²) in [5.41, 5.74) is 0.193.